The van der Waals surface area contributed by atoms with Crippen molar-refractivity contribution in [2.45, 2.75) is 39.7 Å². The number of aromatic nitrogens is 1. The highest BCUT2D eigenvalue weighted by Crippen LogP contribution is 2.25. The van der Waals surface area contributed by atoms with Crippen LogP contribution in [0.1, 0.15) is 39.0 Å². The molecule has 2 amide bonds. The summed E-state index contributed by atoms with van der Waals surface area (Å²) in [5.41, 5.74) is 3.63. The molecule has 0 aliphatic heterocycles. The molecule has 1 heterocycles. The number of hydrogen-bond donors (Lipinski definition) is 1. The van der Waals surface area contributed by atoms with E-state index in [2.05, 4.69) is 10.6 Å². The molecular weight excluding hydrogens is 384 g/mol. The largest absolute Gasteiger partial charge is 0.359 e. The van der Waals surface area contributed by atoms with E-state index in [0.29, 0.717) is 23.7 Å². The van der Waals surface area contributed by atoms with Crippen molar-refractivity contribution in [3.63, 3.8) is 0 Å². The summed E-state index contributed by atoms with van der Waals surface area (Å²) in [5, 5.41) is 6.85. The molecule has 0 unspecified atom stereocenters. The van der Waals surface area contributed by atoms with Crippen LogP contribution in [-0.4, -0.2) is 35.6 Å². The molecular formula is C19H25ClN4O4. The van der Waals surface area contributed by atoms with E-state index >= 15 is 0 Å². The van der Waals surface area contributed by atoms with Gasteiger partial charge in [-0.3, -0.25) is 19.4 Å². The zero-order valence-corrected chi connectivity index (χ0v) is 17.2. The molecule has 1 aromatic carbocycles. The Bertz CT molecular complexity index is 803. The number of rotatable bonds is 9. The number of hydroxylamine groups is 1. The normalized spacial score (nSPS) is 11.3. The molecule has 0 bridgehead atoms. The molecule has 1 aromatic heterocycles. The second-order valence-corrected chi connectivity index (χ2v) is 7.57. The molecule has 0 saturated carbocycles. The molecule has 0 aliphatic carbocycles. The van der Waals surface area contributed by atoms with Crippen LogP contribution in [0.4, 0.5) is 5.82 Å². The van der Waals surface area contributed by atoms with Crippen LogP contribution in [-0.2, 0) is 26.4 Å². The first-order chi connectivity index (χ1) is 13.2. The monoisotopic (exact) mass is 408 g/mol. The Kier molecular flexibility index (Phi) is 7.56. The number of benzene rings is 1. The van der Waals surface area contributed by atoms with Gasteiger partial charge < -0.3 is 4.52 Å². The average molecular weight is 409 g/mol. The van der Waals surface area contributed by atoms with E-state index in [1.165, 1.54) is 11.9 Å². The van der Waals surface area contributed by atoms with Gasteiger partial charge in [-0.25, -0.2) is 5.43 Å². The standard InChI is InChI=1S/C19H25ClN4O4/c1-14(26)23(21-12-15-7-5-6-8-16(15)20)9-10-27-24(13-25)18-11-17(28-22-18)19(2,3)4/h5-8,11,13,21H,9-10,12H2,1-4H3. The first kappa shape index (κ1) is 21.9. The Hall–Kier alpha value is -2.42. The lowest BCUT2D eigenvalue weighted by atomic mass is 9.93. The molecule has 0 atom stereocenters. The summed E-state index contributed by atoms with van der Waals surface area (Å²) in [6.07, 6.45) is 0.500. The lowest BCUT2D eigenvalue weighted by molar-refractivity contribution is -0.133. The Morgan fingerprint density at radius 2 is 2.07 bits per heavy atom. The van der Waals surface area contributed by atoms with Crippen molar-refractivity contribution in [1.82, 2.24) is 15.6 Å². The maximum atomic E-state index is 11.8. The summed E-state index contributed by atoms with van der Waals surface area (Å²) >= 11 is 6.12. The number of halogens is 1. The molecule has 1 N–H and O–H groups in total. The number of amides is 2. The summed E-state index contributed by atoms with van der Waals surface area (Å²) in [6.45, 7) is 8.02. The predicted octanol–water partition coefficient (Wildman–Crippen LogP) is 3.07. The van der Waals surface area contributed by atoms with Crippen molar-refractivity contribution in [2.75, 3.05) is 18.2 Å². The minimum Gasteiger partial charge on any atom is -0.359 e. The van der Waals surface area contributed by atoms with E-state index in [0.717, 1.165) is 10.6 Å². The molecule has 28 heavy (non-hydrogen) atoms. The molecule has 0 aliphatic rings. The van der Waals surface area contributed by atoms with Crippen LogP contribution in [0.5, 0.6) is 0 Å². The second-order valence-electron chi connectivity index (χ2n) is 7.16. The van der Waals surface area contributed by atoms with Gasteiger partial charge >= 0.3 is 0 Å². The Morgan fingerprint density at radius 3 is 2.64 bits per heavy atom. The number of carbonyl (C=O) groups excluding carboxylic acids is 2. The predicted molar refractivity (Wildman–Crippen MR) is 105 cm³/mol. The van der Waals surface area contributed by atoms with Gasteiger partial charge in [-0.05, 0) is 11.6 Å². The van der Waals surface area contributed by atoms with Crippen LogP contribution in [0.25, 0.3) is 0 Å². The fourth-order valence-electron chi connectivity index (χ4n) is 2.27. The van der Waals surface area contributed by atoms with Gasteiger partial charge in [-0.1, -0.05) is 55.7 Å². The van der Waals surface area contributed by atoms with E-state index in [4.69, 9.17) is 21.0 Å². The highest BCUT2D eigenvalue weighted by molar-refractivity contribution is 6.31. The molecule has 0 spiro atoms. The smallest absolute Gasteiger partial charge is 0.239 e. The first-order valence-corrected chi connectivity index (χ1v) is 9.20. The molecule has 8 nitrogen and oxygen atoms in total. The summed E-state index contributed by atoms with van der Waals surface area (Å²) in [4.78, 5) is 28.6. The van der Waals surface area contributed by atoms with Gasteiger partial charge in [0.15, 0.2) is 0 Å². The zero-order valence-electron chi connectivity index (χ0n) is 16.4. The van der Waals surface area contributed by atoms with Gasteiger partial charge in [0, 0.05) is 30.0 Å². The topological polar surface area (TPSA) is 87.9 Å². The van der Waals surface area contributed by atoms with Crippen LogP contribution in [0, 0.1) is 0 Å². The zero-order chi connectivity index (χ0) is 20.7. The fourth-order valence-corrected chi connectivity index (χ4v) is 2.48. The van der Waals surface area contributed by atoms with Crippen molar-refractivity contribution in [3.05, 3.63) is 46.7 Å². The molecule has 0 fully saturated rings. The van der Waals surface area contributed by atoms with E-state index in [1.807, 2.05) is 39.0 Å². The maximum absolute atomic E-state index is 11.8. The van der Waals surface area contributed by atoms with Gasteiger partial charge in [0.1, 0.15) is 5.76 Å². The van der Waals surface area contributed by atoms with E-state index in [1.54, 1.807) is 12.1 Å². The van der Waals surface area contributed by atoms with Gasteiger partial charge in [0.25, 0.3) is 0 Å². The van der Waals surface area contributed by atoms with Crippen molar-refractivity contribution >= 4 is 29.7 Å². The molecule has 152 valence electrons. The maximum Gasteiger partial charge on any atom is 0.239 e. The fraction of sp³-hybridized carbons (Fsp3) is 0.421. The van der Waals surface area contributed by atoms with E-state index in [-0.39, 0.29) is 30.3 Å². The number of hydrogen-bond acceptors (Lipinski definition) is 6. The minimum absolute atomic E-state index is 0.0750. The molecule has 0 saturated heterocycles. The van der Waals surface area contributed by atoms with Crippen molar-refractivity contribution in [1.29, 1.82) is 0 Å². The average Bonchev–Trinajstić information content (AvgIpc) is 3.12. The Morgan fingerprint density at radius 1 is 1.36 bits per heavy atom. The highest BCUT2D eigenvalue weighted by atomic mass is 35.5. The van der Waals surface area contributed by atoms with Crippen LogP contribution in [0.2, 0.25) is 5.02 Å². The third-order valence-corrected chi connectivity index (χ3v) is 4.27. The van der Waals surface area contributed by atoms with Crippen molar-refractivity contribution in [2.24, 2.45) is 0 Å². The lowest BCUT2D eigenvalue weighted by Crippen LogP contribution is -2.44. The SMILES string of the molecule is CC(=O)N(CCON(C=O)c1cc(C(C)(C)C)on1)NCc1ccccc1Cl. The summed E-state index contributed by atoms with van der Waals surface area (Å²) in [7, 11) is 0. The minimum atomic E-state index is -0.242. The first-order valence-electron chi connectivity index (χ1n) is 8.82. The number of hydrazine groups is 1. The molecule has 9 heteroatoms. The molecule has 2 aromatic rings. The van der Waals surface area contributed by atoms with E-state index < -0.39 is 0 Å². The van der Waals surface area contributed by atoms with Crippen LogP contribution in [0.3, 0.4) is 0 Å². The van der Waals surface area contributed by atoms with Crippen LogP contribution in [0.15, 0.2) is 34.9 Å². The molecule has 0 radical (unpaired) electrons. The molecule has 2 rings (SSSR count). The number of nitrogens with zero attached hydrogens (tertiary/aromatic N) is 3. The van der Waals surface area contributed by atoms with Crippen molar-refractivity contribution in [3.8, 4) is 0 Å². The van der Waals surface area contributed by atoms with Crippen molar-refractivity contribution < 1.29 is 18.9 Å². The third kappa shape index (κ3) is 6.05. The Balaban J connectivity index is 1.90. The van der Waals surface area contributed by atoms with Gasteiger partial charge in [-0.2, -0.15) is 5.06 Å². The quantitative estimate of drug-likeness (QED) is 0.506. The van der Waals surface area contributed by atoms with Gasteiger partial charge in [0.05, 0.1) is 13.2 Å². The lowest BCUT2D eigenvalue weighted by Gasteiger charge is -2.23. The van der Waals surface area contributed by atoms with Gasteiger partial charge in [0.2, 0.25) is 18.1 Å². The summed E-state index contributed by atoms with van der Waals surface area (Å²) < 4.78 is 5.26. The highest BCUT2D eigenvalue weighted by Gasteiger charge is 2.22. The summed E-state index contributed by atoms with van der Waals surface area (Å²) in [5.74, 6) is 0.688. The number of anilines is 1. The van der Waals surface area contributed by atoms with Gasteiger partial charge in [-0.15, -0.1) is 0 Å². The summed E-state index contributed by atoms with van der Waals surface area (Å²) in [6, 6.07) is 9.01. The number of nitrogens with one attached hydrogen (secondary N) is 1. The van der Waals surface area contributed by atoms with E-state index in [9.17, 15) is 9.59 Å². The third-order valence-electron chi connectivity index (χ3n) is 3.90. The number of carbonyl (C=O) groups is 2. The van der Waals surface area contributed by atoms with Crippen LogP contribution < -0.4 is 10.5 Å². The van der Waals surface area contributed by atoms with Crippen LogP contribution >= 0.6 is 11.6 Å². The second kappa shape index (κ2) is 9.68. The Labute approximate surface area is 169 Å².